The van der Waals surface area contributed by atoms with Gasteiger partial charge in [0.25, 0.3) is 11.6 Å². The predicted molar refractivity (Wildman–Crippen MR) is 78.2 cm³/mol. The third-order valence-electron chi connectivity index (χ3n) is 2.96. The first-order chi connectivity index (χ1) is 9.99. The third-order valence-corrected chi connectivity index (χ3v) is 3.29. The van der Waals surface area contributed by atoms with Crippen molar-refractivity contribution in [1.82, 2.24) is 10.3 Å². The molecule has 1 amide bonds. The molecule has 0 spiro atoms. The van der Waals surface area contributed by atoms with E-state index in [-0.39, 0.29) is 22.3 Å². The van der Waals surface area contributed by atoms with Crippen LogP contribution in [0.3, 0.4) is 0 Å². The second kappa shape index (κ2) is 6.32. The minimum absolute atomic E-state index is 0.0757. The molecule has 0 saturated heterocycles. The van der Waals surface area contributed by atoms with Crippen molar-refractivity contribution >= 4 is 23.2 Å². The number of carbonyl (C=O) groups is 1. The molecule has 0 aliphatic carbocycles. The van der Waals surface area contributed by atoms with E-state index >= 15 is 0 Å². The number of carbonyl (C=O) groups excluding carboxylic acids is 1. The molecule has 1 heterocycles. The fourth-order valence-corrected chi connectivity index (χ4v) is 2.01. The number of aromatic nitrogens is 1. The molecule has 2 aromatic rings. The van der Waals surface area contributed by atoms with Crippen molar-refractivity contribution in [3.8, 4) is 0 Å². The van der Waals surface area contributed by atoms with Gasteiger partial charge in [0.05, 0.1) is 21.6 Å². The molecule has 0 fully saturated rings. The van der Waals surface area contributed by atoms with Crippen LogP contribution < -0.4 is 5.32 Å². The maximum atomic E-state index is 12.2. The lowest BCUT2D eigenvalue weighted by atomic mass is 10.1. The smallest absolute Gasteiger partial charge is 0.270 e. The van der Waals surface area contributed by atoms with Gasteiger partial charge < -0.3 is 5.32 Å². The fourth-order valence-electron chi connectivity index (χ4n) is 1.81. The summed E-state index contributed by atoms with van der Waals surface area (Å²) in [5.41, 5.74) is 0.771. The van der Waals surface area contributed by atoms with Gasteiger partial charge in [-0.05, 0) is 30.7 Å². The Morgan fingerprint density at radius 2 is 2.00 bits per heavy atom. The second-order valence-corrected chi connectivity index (χ2v) is 4.80. The molecule has 0 aliphatic heterocycles. The maximum Gasteiger partial charge on any atom is 0.270 e. The molecule has 1 atom stereocenters. The van der Waals surface area contributed by atoms with Gasteiger partial charge >= 0.3 is 0 Å². The van der Waals surface area contributed by atoms with Crippen LogP contribution in [0.2, 0.25) is 5.02 Å². The van der Waals surface area contributed by atoms with E-state index in [4.69, 9.17) is 11.6 Å². The Hall–Kier alpha value is -2.47. The number of amides is 1. The predicted octanol–water partition coefficient (Wildman–Crippen LogP) is 3.13. The molecule has 0 bridgehead atoms. The van der Waals surface area contributed by atoms with E-state index in [9.17, 15) is 14.9 Å². The number of hydrogen-bond donors (Lipinski definition) is 1. The normalized spacial score (nSPS) is 11.7. The van der Waals surface area contributed by atoms with Gasteiger partial charge in [-0.3, -0.25) is 19.9 Å². The molecule has 21 heavy (non-hydrogen) atoms. The zero-order valence-electron chi connectivity index (χ0n) is 11.1. The first-order valence-electron chi connectivity index (χ1n) is 6.14. The summed E-state index contributed by atoms with van der Waals surface area (Å²) < 4.78 is 0. The molecule has 6 nitrogen and oxygen atoms in total. The molecule has 0 unspecified atom stereocenters. The topological polar surface area (TPSA) is 85.1 Å². The van der Waals surface area contributed by atoms with Crippen molar-refractivity contribution in [3.05, 3.63) is 69.0 Å². The molecule has 0 saturated carbocycles. The van der Waals surface area contributed by atoms with Gasteiger partial charge in [0.2, 0.25) is 0 Å². The Balaban J connectivity index is 2.21. The molecule has 0 radical (unpaired) electrons. The molecule has 108 valence electrons. The van der Waals surface area contributed by atoms with Gasteiger partial charge in [0, 0.05) is 24.5 Å². The number of benzene rings is 1. The maximum absolute atomic E-state index is 12.2. The SMILES string of the molecule is C[C@H](NC(=O)c1cc([N+](=O)[O-])ccc1Cl)c1ccncc1. The van der Waals surface area contributed by atoms with Crippen LogP contribution in [0, 0.1) is 10.1 Å². The van der Waals surface area contributed by atoms with E-state index in [1.165, 1.54) is 12.1 Å². The number of nitro groups is 1. The van der Waals surface area contributed by atoms with Crippen LogP contribution in [0.4, 0.5) is 5.69 Å². The highest BCUT2D eigenvalue weighted by molar-refractivity contribution is 6.33. The molecule has 1 aromatic carbocycles. The van der Waals surface area contributed by atoms with E-state index < -0.39 is 10.8 Å². The van der Waals surface area contributed by atoms with Crippen LogP contribution in [-0.4, -0.2) is 15.8 Å². The summed E-state index contributed by atoms with van der Waals surface area (Å²) in [7, 11) is 0. The van der Waals surface area contributed by atoms with Gasteiger partial charge in [0.15, 0.2) is 0 Å². The first kappa shape index (κ1) is 14.9. The van der Waals surface area contributed by atoms with Gasteiger partial charge in [-0.25, -0.2) is 0 Å². The summed E-state index contributed by atoms with van der Waals surface area (Å²) >= 11 is 5.93. The zero-order chi connectivity index (χ0) is 15.4. The largest absolute Gasteiger partial charge is 0.345 e. The average Bonchev–Trinajstić information content (AvgIpc) is 2.48. The molecule has 1 N–H and O–H groups in total. The number of nitro benzene ring substituents is 1. The van der Waals surface area contributed by atoms with Gasteiger partial charge in [-0.2, -0.15) is 0 Å². The van der Waals surface area contributed by atoms with Crippen LogP contribution >= 0.6 is 11.6 Å². The van der Waals surface area contributed by atoms with Crippen molar-refractivity contribution in [2.45, 2.75) is 13.0 Å². The van der Waals surface area contributed by atoms with Crippen LogP contribution in [0.1, 0.15) is 28.9 Å². The Morgan fingerprint density at radius 1 is 1.33 bits per heavy atom. The minimum Gasteiger partial charge on any atom is -0.345 e. The van der Waals surface area contributed by atoms with Crippen molar-refractivity contribution < 1.29 is 9.72 Å². The summed E-state index contributed by atoms with van der Waals surface area (Å²) in [5.74, 6) is -0.465. The fraction of sp³-hybridized carbons (Fsp3) is 0.143. The van der Waals surface area contributed by atoms with E-state index in [2.05, 4.69) is 10.3 Å². The third kappa shape index (κ3) is 3.55. The zero-order valence-corrected chi connectivity index (χ0v) is 11.9. The van der Waals surface area contributed by atoms with Crippen molar-refractivity contribution in [1.29, 1.82) is 0 Å². The highest BCUT2D eigenvalue weighted by Gasteiger charge is 2.17. The summed E-state index contributed by atoms with van der Waals surface area (Å²) in [6, 6.07) is 7.05. The number of pyridine rings is 1. The van der Waals surface area contributed by atoms with E-state index in [1.54, 1.807) is 31.5 Å². The Bertz CT molecular complexity index is 676. The molecule has 7 heteroatoms. The van der Waals surface area contributed by atoms with Gasteiger partial charge in [-0.15, -0.1) is 0 Å². The van der Waals surface area contributed by atoms with E-state index in [1.807, 2.05) is 0 Å². The number of nitrogens with zero attached hydrogens (tertiary/aromatic N) is 2. The lowest BCUT2D eigenvalue weighted by molar-refractivity contribution is -0.384. The Kier molecular flexibility index (Phi) is 4.49. The van der Waals surface area contributed by atoms with Crippen molar-refractivity contribution in [3.63, 3.8) is 0 Å². The van der Waals surface area contributed by atoms with Crippen LogP contribution in [-0.2, 0) is 0 Å². The molecule has 0 aliphatic rings. The molecular formula is C14H12ClN3O3. The molecule has 1 aromatic heterocycles. The summed E-state index contributed by atoms with van der Waals surface area (Å²) in [5, 5.41) is 13.7. The van der Waals surface area contributed by atoms with Gasteiger partial charge in [0.1, 0.15) is 0 Å². The lowest BCUT2D eigenvalue weighted by Crippen LogP contribution is -2.27. The molecular weight excluding hydrogens is 294 g/mol. The van der Waals surface area contributed by atoms with Crippen LogP contribution in [0.5, 0.6) is 0 Å². The van der Waals surface area contributed by atoms with Gasteiger partial charge in [-0.1, -0.05) is 11.6 Å². The average molecular weight is 306 g/mol. The second-order valence-electron chi connectivity index (χ2n) is 4.40. The Morgan fingerprint density at radius 3 is 2.62 bits per heavy atom. The Labute approximate surface area is 125 Å². The van der Waals surface area contributed by atoms with E-state index in [0.29, 0.717) is 0 Å². The minimum atomic E-state index is -0.570. The summed E-state index contributed by atoms with van der Waals surface area (Å²) in [6.07, 6.45) is 3.25. The first-order valence-corrected chi connectivity index (χ1v) is 6.51. The summed E-state index contributed by atoms with van der Waals surface area (Å²) in [6.45, 7) is 1.80. The lowest BCUT2D eigenvalue weighted by Gasteiger charge is -2.14. The number of non-ortho nitro benzene ring substituents is 1. The highest BCUT2D eigenvalue weighted by atomic mass is 35.5. The van der Waals surface area contributed by atoms with Crippen LogP contribution in [0.15, 0.2) is 42.7 Å². The van der Waals surface area contributed by atoms with E-state index in [0.717, 1.165) is 11.6 Å². The number of nitrogens with one attached hydrogen (secondary N) is 1. The highest BCUT2D eigenvalue weighted by Crippen LogP contribution is 2.23. The summed E-state index contributed by atoms with van der Waals surface area (Å²) in [4.78, 5) is 26.3. The number of rotatable bonds is 4. The number of halogens is 1. The standard InChI is InChI=1S/C14H12ClN3O3/c1-9(10-4-6-16-7-5-10)17-14(19)12-8-11(18(20)21)2-3-13(12)15/h2-9H,1H3,(H,17,19)/t9-/m0/s1. The van der Waals surface area contributed by atoms with Crippen molar-refractivity contribution in [2.75, 3.05) is 0 Å². The number of hydrogen-bond acceptors (Lipinski definition) is 4. The quantitative estimate of drug-likeness (QED) is 0.694. The monoisotopic (exact) mass is 305 g/mol. The molecule has 2 rings (SSSR count). The van der Waals surface area contributed by atoms with Crippen LogP contribution in [0.25, 0.3) is 0 Å². The van der Waals surface area contributed by atoms with Crippen molar-refractivity contribution in [2.24, 2.45) is 0 Å².